The van der Waals surface area contributed by atoms with Gasteiger partial charge in [-0.3, -0.25) is 14.4 Å². The minimum Gasteiger partial charge on any atom is -0.497 e. The van der Waals surface area contributed by atoms with Crippen LogP contribution >= 0.6 is 0 Å². The molecule has 1 aliphatic heterocycles. The summed E-state index contributed by atoms with van der Waals surface area (Å²) in [4.78, 5) is 38.5. The van der Waals surface area contributed by atoms with Crippen LogP contribution in [0.4, 0.5) is 0 Å². The lowest BCUT2D eigenvalue weighted by molar-refractivity contribution is -0.136. The number of amides is 3. The Morgan fingerprint density at radius 1 is 0.969 bits per heavy atom. The third kappa shape index (κ3) is 7.01. The van der Waals surface area contributed by atoms with Crippen LogP contribution in [0.3, 0.4) is 0 Å². The first-order valence-electron chi connectivity index (χ1n) is 10.7. The lowest BCUT2D eigenvalue weighted by Gasteiger charge is -2.31. The Hall–Kier alpha value is -3.55. The summed E-state index contributed by atoms with van der Waals surface area (Å²) >= 11 is 0. The van der Waals surface area contributed by atoms with Gasteiger partial charge in [0.25, 0.3) is 5.91 Å². The highest BCUT2D eigenvalue weighted by Crippen LogP contribution is 2.18. The molecule has 3 rings (SSSR count). The van der Waals surface area contributed by atoms with E-state index in [0.29, 0.717) is 38.2 Å². The van der Waals surface area contributed by atoms with Gasteiger partial charge >= 0.3 is 0 Å². The summed E-state index contributed by atoms with van der Waals surface area (Å²) in [5, 5.41) is 5.55. The predicted molar refractivity (Wildman–Crippen MR) is 119 cm³/mol. The van der Waals surface area contributed by atoms with Crippen molar-refractivity contribution < 1.29 is 23.9 Å². The maximum atomic E-state index is 12.5. The van der Waals surface area contributed by atoms with E-state index >= 15 is 0 Å². The molecule has 170 valence electrons. The standard InChI is InChI=1S/C24H29N3O5/c1-31-21-9-5-6-18(14-21)15-26-24(30)19-10-12-27(13-11-19)23(29)16-25-22(28)17-32-20-7-3-2-4-8-20/h2-9,14,19H,10-13,15-17H2,1H3,(H,25,28)(H,26,30). The average molecular weight is 440 g/mol. The molecule has 0 bridgehead atoms. The third-order valence-electron chi connectivity index (χ3n) is 5.37. The fourth-order valence-corrected chi connectivity index (χ4v) is 3.51. The van der Waals surface area contributed by atoms with E-state index in [1.54, 1.807) is 24.1 Å². The summed E-state index contributed by atoms with van der Waals surface area (Å²) in [5.41, 5.74) is 0.970. The monoisotopic (exact) mass is 439 g/mol. The number of para-hydroxylation sites is 1. The highest BCUT2D eigenvalue weighted by Gasteiger charge is 2.27. The Balaban J connectivity index is 1.33. The number of rotatable bonds is 9. The topological polar surface area (TPSA) is 97.0 Å². The molecule has 2 aromatic rings. The number of methoxy groups -OCH3 is 1. The van der Waals surface area contributed by atoms with Crippen molar-refractivity contribution in [2.24, 2.45) is 5.92 Å². The number of hydrogen-bond acceptors (Lipinski definition) is 5. The van der Waals surface area contributed by atoms with Crippen LogP contribution in [-0.2, 0) is 20.9 Å². The minimum atomic E-state index is -0.353. The quantitative estimate of drug-likeness (QED) is 0.621. The van der Waals surface area contributed by atoms with Gasteiger partial charge < -0.3 is 25.0 Å². The van der Waals surface area contributed by atoms with Crippen molar-refractivity contribution in [3.05, 3.63) is 60.2 Å². The minimum absolute atomic E-state index is 0.00807. The van der Waals surface area contributed by atoms with E-state index in [0.717, 1.165) is 11.3 Å². The molecule has 1 heterocycles. The molecule has 0 saturated carbocycles. The first kappa shape index (κ1) is 23.1. The van der Waals surface area contributed by atoms with E-state index < -0.39 is 0 Å². The molecule has 8 heteroatoms. The molecule has 1 fully saturated rings. The van der Waals surface area contributed by atoms with Crippen LogP contribution in [-0.4, -0.2) is 56.0 Å². The number of nitrogens with one attached hydrogen (secondary N) is 2. The largest absolute Gasteiger partial charge is 0.497 e. The highest BCUT2D eigenvalue weighted by atomic mass is 16.5. The number of benzene rings is 2. The first-order valence-corrected chi connectivity index (χ1v) is 10.7. The zero-order valence-electron chi connectivity index (χ0n) is 18.2. The molecule has 0 unspecified atom stereocenters. The van der Waals surface area contributed by atoms with Crippen molar-refractivity contribution in [3.8, 4) is 11.5 Å². The van der Waals surface area contributed by atoms with E-state index in [4.69, 9.17) is 9.47 Å². The second kappa shape index (κ2) is 11.7. The number of piperidine rings is 1. The average Bonchev–Trinajstić information content (AvgIpc) is 2.85. The zero-order chi connectivity index (χ0) is 22.8. The van der Waals surface area contributed by atoms with Gasteiger partial charge in [0.2, 0.25) is 11.8 Å². The molecule has 32 heavy (non-hydrogen) atoms. The molecule has 1 aliphatic rings. The van der Waals surface area contributed by atoms with Gasteiger partial charge in [0.05, 0.1) is 13.7 Å². The number of nitrogens with zero attached hydrogens (tertiary/aromatic N) is 1. The van der Waals surface area contributed by atoms with Crippen molar-refractivity contribution in [3.63, 3.8) is 0 Å². The molecule has 0 aliphatic carbocycles. The summed E-state index contributed by atoms with van der Waals surface area (Å²) in [6, 6.07) is 16.6. The van der Waals surface area contributed by atoms with Crippen molar-refractivity contribution in [2.45, 2.75) is 19.4 Å². The second-order valence-corrected chi connectivity index (χ2v) is 7.60. The van der Waals surface area contributed by atoms with Crippen LogP contribution in [0.25, 0.3) is 0 Å². The summed E-state index contributed by atoms with van der Waals surface area (Å²) in [5.74, 6) is 0.704. The van der Waals surface area contributed by atoms with Gasteiger partial charge in [0.1, 0.15) is 11.5 Å². The van der Waals surface area contributed by atoms with Crippen LogP contribution in [0.5, 0.6) is 11.5 Å². The molecule has 0 aromatic heterocycles. The normalized spacial score (nSPS) is 13.8. The number of ether oxygens (including phenoxy) is 2. The van der Waals surface area contributed by atoms with Crippen molar-refractivity contribution >= 4 is 17.7 Å². The molecule has 0 atom stereocenters. The number of carbonyl (C=O) groups excluding carboxylic acids is 3. The zero-order valence-corrected chi connectivity index (χ0v) is 18.2. The molecule has 8 nitrogen and oxygen atoms in total. The van der Waals surface area contributed by atoms with Crippen LogP contribution in [0.1, 0.15) is 18.4 Å². The van der Waals surface area contributed by atoms with Crippen molar-refractivity contribution in [1.82, 2.24) is 15.5 Å². The lowest BCUT2D eigenvalue weighted by atomic mass is 9.95. The van der Waals surface area contributed by atoms with Gasteiger partial charge in [0, 0.05) is 25.6 Å². The van der Waals surface area contributed by atoms with Crippen LogP contribution in [0.15, 0.2) is 54.6 Å². The molecule has 2 aromatic carbocycles. The van der Waals surface area contributed by atoms with E-state index in [2.05, 4.69) is 10.6 Å². The maximum Gasteiger partial charge on any atom is 0.258 e. The van der Waals surface area contributed by atoms with Crippen LogP contribution in [0.2, 0.25) is 0 Å². The summed E-state index contributed by atoms with van der Waals surface area (Å²) < 4.78 is 10.6. The third-order valence-corrected chi connectivity index (χ3v) is 5.37. The van der Waals surface area contributed by atoms with Gasteiger partial charge in [-0.05, 0) is 42.7 Å². The first-order chi connectivity index (χ1) is 15.5. The Kier molecular flexibility index (Phi) is 8.48. The molecule has 0 radical (unpaired) electrons. The van der Waals surface area contributed by atoms with E-state index in [-0.39, 0.29) is 36.8 Å². The van der Waals surface area contributed by atoms with Crippen molar-refractivity contribution in [2.75, 3.05) is 33.4 Å². The Bertz CT molecular complexity index is 911. The maximum absolute atomic E-state index is 12.5. The van der Waals surface area contributed by atoms with E-state index in [9.17, 15) is 14.4 Å². The number of likely N-dealkylation sites (tertiary alicyclic amines) is 1. The number of carbonyl (C=O) groups is 3. The Morgan fingerprint density at radius 2 is 1.69 bits per heavy atom. The molecule has 0 spiro atoms. The number of hydrogen-bond donors (Lipinski definition) is 2. The smallest absolute Gasteiger partial charge is 0.258 e. The van der Waals surface area contributed by atoms with Crippen LogP contribution < -0.4 is 20.1 Å². The van der Waals surface area contributed by atoms with Crippen LogP contribution in [0, 0.1) is 5.92 Å². The van der Waals surface area contributed by atoms with Gasteiger partial charge in [0.15, 0.2) is 6.61 Å². The van der Waals surface area contributed by atoms with Gasteiger partial charge in [-0.15, -0.1) is 0 Å². The second-order valence-electron chi connectivity index (χ2n) is 7.60. The fourth-order valence-electron chi connectivity index (χ4n) is 3.51. The SMILES string of the molecule is COc1cccc(CNC(=O)C2CCN(C(=O)CNC(=O)COc3ccccc3)CC2)c1. The summed E-state index contributed by atoms with van der Waals surface area (Å²) in [6.45, 7) is 1.20. The Morgan fingerprint density at radius 3 is 2.41 bits per heavy atom. The Labute approximate surface area is 187 Å². The molecule has 2 N–H and O–H groups in total. The molecular weight excluding hydrogens is 410 g/mol. The van der Waals surface area contributed by atoms with Gasteiger partial charge in [-0.2, -0.15) is 0 Å². The van der Waals surface area contributed by atoms with E-state index in [1.807, 2.05) is 42.5 Å². The fraction of sp³-hybridized carbons (Fsp3) is 0.375. The highest BCUT2D eigenvalue weighted by molar-refractivity contribution is 5.85. The summed E-state index contributed by atoms with van der Waals surface area (Å²) in [6.07, 6.45) is 1.20. The van der Waals surface area contributed by atoms with Crippen molar-refractivity contribution in [1.29, 1.82) is 0 Å². The van der Waals surface area contributed by atoms with E-state index in [1.165, 1.54) is 0 Å². The molecule has 3 amide bonds. The predicted octanol–water partition coefficient (Wildman–Crippen LogP) is 1.75. The molecule has 1 saturated heterocycles. The van der Waals surface area contributed by atoms with Gasteiger partial charge in [-0.1, -0.05) is 30.3 Å². The van der Waals surface area contributed by atoms with Gasteiger partial charge in [-0.25, -0.2) is 0 Å². The molecular formula is C24H29N3O5. The lowest BCUT2D eigenvalue weighted by Crippen LogP contribution is -2.46. The summed E-state index contributed by atoms with van der Waals surface area (Å²) in [7, 11) is 1.61.